The summed E-state index contributed by atoms with van der Waals surface area (Å²) in [7, 11) is 0. The number of hydrogen-bond donors (Lipinski definition) is 2. The van der Waals surface area contributed by atoms with Crippen molar-refractivity contribution in [3.8, 4) is 0 Å². The number of anilines is 1. The van der Waals surface area contributed by atoms with Gasteiger partial charge in [-0.05, 0) is 42.2 Å². The first-order valence-corrected chi connectivity index (χ1v) is 6.99. The minimum Gasteiger partial charge on any atom is -0.399 e. The Morgan fingerprint density at radius 2 is 1.90 bits per heavy atom. The lowest BCUT2D eigenvalue weighted by molar-refractivity contribution is -0.121. The summed E-state index contributed by atoms with van der Waals surface area (Å²) in [4.78, 5) is 11.7. The first kappa shape index (κ1) is 15.0. The van der Waals surface area contributed by atoms with E-state index in [-0.39, 0.29) is 11.7 Å². The molecule has 0 fully saturated rings. The van der Waals surface area contributed by atoms with Crippen LogP contribution in [0.3, 0.4) is 0 Å². The molecule has 0 unspecified atom stereocenters. The number of benzene rings is 2. The summed E-state index contributed by atoms with van der Waals surface area (Å²) in [6.07, 6.45) is 1.55. The molecule has 0 saturated heterocycles. The van der Waals surface area contributed by atoms with Crippen molar-refractivity contribution < 1.29 is 9.18 Å². The molecule has 0 radical (unpaired) electrons. The molecule has 1 amide bonds. The Hall–Kier alpha value is -2.36. The van der Waals surface area contributed by atoms with Crippen molar-refractivity contribution in [3.63, 3.8) is 0 Å². The van der Waals surface area contributed by atoms with Gasteiger partial charge in [0.05, 0.1) is 0 Å². The van der Waals surface area contributed by atoms with Gasteiger partial charge in [-0.2, -0.15) is 0 Å². The maximum Gasteiger partial charge on any atom is 0.220 e. The number of amides is 1. The maximum atomic E-state index is 13.4. The van der Waals surface area contributed by atoms with Gasteiger partial charge in [0.2, 0.25) is 5.91 Å². The Labute approximate surface area is 124 Å². The van der Waals surface area contributed by atoms with E-state index in [4.69, 9.17) is 5.73 Å². The van der Waals surface area contributed by atoms with E-state index >= 15 is 0 Å². The van der Waals surface area contributed by atoms with Gasteiger partial charge in [-0.3, -0.25) is 4.79 Å². The van der Waals surface area contributed by atoms with Crippen LogP contribution in [0.5, 0.6) is 0 Å². The standard InChI is InChI=1S/C17H19FN2O/c18-16-7-2-1-5-14(16)10-11-20-17(21)9-8-13-4-3-6-15(19)12-13/h1-7,12H,8-11,19H2,(H,20,21). The van der Waals surface area contributed by atoms with Gasteiger partial charge in [0, 0.05) is 18.7 Å². The SMILES string of the molecule is Nc1cccc(CCC(=O)NCCc2ccccc2F)c1. The number of carbonyl (C=O) groups is 1. The minimum absolute atomic E-state index is 0.0336. The summed E-state index contributed by atoms with van der Waals surface area (Å²) in [5.41, 5.74) is 8.05. The Bertz CT molecular complexity index is 613. The molecule has 0 spiro atoms. The quantitative estimate of drug-likeness (QED) is 0.802. The second-order valence-electron chi connectivity index (χ2n) is 4.94. The molecule has 0 heterocycles. The lowest BCUT2D eigenvalue weighted by Crippen LogP contribution is -2.26. The number of nitrogen functional groups attached to an aromatic ring is 1. The predicted molar refractivity (Wildman–Crippen MR) is 82.3 cm³/mol. The normalized spacial score (nSPS) is 10.3. The van der Waals surface area contributed by atoms with Crippen LogP contribution in [-0.2, 0) is 17.6 Å². The van der Waals surface area contributed by atoms with Crippen LogP contribution < -0.4 is 11.1 Å². The highest BCUT2D eigenvalue weighted by Crippen LogP contribution is 2.09. The third-order valence-corrected chi connectivity index (χ3v) is 3.27. The zero-order valence-corrected chi connectivity index (χ0v) is 11.8. The van der Waals surface area contributed by atoms with E-state index in [0.29, 0.717) is 37.1 Å². The highest BCUT2D eigenvalue weighted by Gasteiger charge is 2.04. The van der Waals surface area contributed by atoms with Crippen molar-refractivity contribution in [2.24, 2.45) is 0 Å². The Morgan fingerprint density at radius 3 is 2.67 bits per heavy atom. The van der Waals surface area contributed by atoms with Crippen LogP contribution in [-0.4, -0.2) is 12.5 Å². The van der Waals surface area contributed by atoms with Gasteiger partial charge in [-0.1, -0.05) is 30.3 Å². The van der Waals surface area contributed by atoms with Gasteiger partial charge in [0.1, 0.15) is 5.82 Å². The molecular formula is C17H19FN2O. The summed E-state index contributed by atoms with van der Waals surface area (Å²) in [5.74, 6) is -0.264. The van der Waals surface area contributed by atoms with Gasteiger partial charge >= 0.3 is 0 Å². The number of nitrogens with one attached hydrogen (secondary N) is 1. The fourth-order valence-corrected chi connectivity index (χ4v) is 2.13. The minimum atomic E-state index is -0.230. The molecule has 0 aliphatic heterocycles. The number of carbonyl (C=O) groups excluding carboxylic acids is 1. The van der Waals surface area contributed by atoms with Gasteiger partial charge < -0.3 is 11.1 Å². The van der Waals surface area contributed by atoms with Crippen LogP contribution in [0.15, 0.2) is 48.5 Å². The molecule has 0 aromatic heterocycles. The van der Waals surface area contributed by atoms with E-state index in [1.165, 1.54) is 6.07 Å². The molecule has 2 aromatic carbocycles. The number of nitrogens with two attached hydrogens (primary N) is 1. The van der Waals surface area contributed by atoms with Crippen molar-refractivity contribution in [1.29, 1.82) is 0 Å². The largest absolute Gasteiger partial charge is 0.399 e. The first-order chi connectivity index (χ1) is 10.1. The molecule has 0 aliphatic carbocycles. The maximum absolute atomic E-state index is 13.4. The van der Waals surface area contributed by atoms with Gasteiger partial charge in [-0.25, -0.2) is 4.39 Å². The summed E-state index contributed by atoms with van der Waals surface area (Å²) in [6, 6.07) is 14.1. The average molecular weight is 286 g/mol. The van der Waals surface area contributed by atoms with E-state index in [9.17, 15) is 9.18 Å². The molecule has 0 bridgehead atoms. The summed E-state index contributed by atoms with van der Waals surface area (Å²) in [5, 5.41) is 2.81. The highest BCUT2D eigenvalue weighted by molar-refractivity contribution is 5.76. The topological polar surface area (TPSA) is 55.1 Å². The molecule has 2 aromatic rings. The van der Waals surface area contributed by atoms with Crippen LogP contribution in [0.4, 0.5) is 10.1 Å². The third-order valence-electron chi connectivity index (χ3n) is 3.27. The molecule has 110 valence electrons. The van der Waals surface area contributed by atoms with E-state index in [0.717, 1.165) is 5.56 Å². The van der Waals surface area contributed by atoms with Crippen molar-refractivity contribution >= 4 is 11.6 Å². The first-order valence-electron chi connectivity index (χ1n) is 6.99. The van der Waals surface area contributed by atoms with Crippen LogP contribution in [0.1, 0.15) is 17.5 Å². The fraction of sp³-hybridized carbons (Fsp3) is 0.235. The smallest absolute Gasteiger partial charge is 0.220 e. The van der Waals surface area contributed by atoms with Crippen molar-refractivity contribution in [3.05, 3.63) is 65.5 Å². The fourth-order valence-electron chi connectivity index (χ4n) is 2.13. The molecule has 21 heavy (non-hydrogen) atoms. The number of halogens is 1. The van der Waals surface area contributed by atoms with Crippen LogP contribution in [0.2, 0.25) is 0 Å². The van der Waals surface area contributed by atoms with Crippen LogP contribution >= 0.6 is 0 Å². The summed E-state index contributed by atoms with van der Waals surface area (Å²) >= 11 is 0. The zero-order chi connectivity index (χ0) is 15.1. The summed E-state index contributed by atoms with van der Waals surface area (Å²) < 4.78 is 13.4. The second kappa shape index (κ2) is 7.43. The average Bonchev–Trinajstić information content (AvgIpc) is 2.47. The molecule has 4 heteroatoms. The summed E-state index contributed by atoms with van der Waals surface area (Å²) in [6.45, 7) is 0.441. The molecular weight excluding hydrogens is 267 g/mol. The van der Waals surface area contributed by atoms with E-state index in [1.807, 2.05) is 24.3 Å². The van der Waals surface area contributed by atoms with Gasteiger partial charge in [0.25, 0.3) is 0 Å². The Kier molecular flexibility index (Phi) is 5.32. The van der Waals surface area contributed by atoms with E-state index < -0.39 is 0 Å². The molecule has 3 N–H and O–H groups in total. The van der Waals surface area contributed by atoms with Crippen LogP contribution in [0.25, 0.3) is 0 Å². The number of hydrogen-bond acceptors (Lipinski definition) is 2. The monoisotopic (exact) mass is 286 g/mol. The zero-order valence-electron chi connectivity index (χ0n) is 11.8. The van der Waals surface area contributed by atoms with Crippen molar-refractivity contribution in [1.82, 2.24) is 5.32 Å². The Balaban J connectivity index is 1.72. The molecule has 2 rings (SSSR count). The third kappa shape index (κ3) is 4.91. The molecule has 0 aliphatic rings. The van der Waals surface area contributed by atoms with Crippen molar-refractivity contribution in [2.45, 2.75) is 19.3 Å². The highest BCUT2D eigenvalue weighted by atomic mass is 19.1. The number of rotatable bonds is 6. The Morgan fingerprint density at radius 1 is 1.10 bits per heavy atom. The molecule has 3 nitrogen and oxygen atoms in total. The van der Waals surface area contributed by atoms with Crippen molar-refractivity contribution in [2.75, 3.05) is 12.3 Å². The van der Waals surface area contributed by atoms with Crippen LogP contribution in [0, 0.1) is 5.82 Å². The lowest BCUT2D eigenvalue weighted by atomic mass is 10.1. The van der Waals surface area contributed by atoms with E-state index in [2.05, 4.69) is 5.32 Å². The van der Waals surface area contributed by atoms with Gasteiger partial charge in [-0.15, -0.1) is 0 Å². The predicted octanol–water partition coefficient (Wildman–Crippen LogP) is 2.70. The number of aryl methyl sites for hydroxylation is 1. The molecule has 0 atom stereocenters. The van der Waals surface area contributed by atoms with Gasteiger partial charge in [0.15, 0.2) is 0 Å². The van der Waals surface area contributed by atoms with E-state index in [1.54, 1.807) is 18.2 Å². The second-order valence-corrected chi connectivity index (χ2v) is 4.94. The molecule has 0 saturated carbocycles. The lowest BCUT2D eigenvalue weighted by Gasteiger charge is -2.06.